The van der Waals surface area contributed by atoms with Gasteiger partial charge in [-0.2, -0.15) is 5.26 Å². The molecule has 1 atom stereocenters. The summed E-state index contributed by atoms with van der Waals surface area (Å²) in [6.45, 7) is 3.41. The Morgan fingerprint density at radius 2 is 2.11 bits per heavy atom. The number of carbonyl (C=O) groups excluding carboxylic acids is 1. The molecular weight excluding hydrogens is 224 g/mol. The van der Waals surface area contributed by atoms with E-state index < -0.39 is 5.92 Å². The summed E-state index contributed by atoms with van der Waals surface area (Å²) in [5, 5.41) is 9.22. The van der Waals surface area contributed by atoms with E-state index in [4.69, 9.17) is 0 Å². The smallest absolute Gasteiger partial charge is 0.244 e. The molecule has 92 valence electrons. The van der Waals surface area contributed by atoms with Crippen LogP contribution in [0.4, 0.5) is 0 Å². The summed E-state index contributed by atoms with van der Waals surface area (Å²) in [4.78, 5) is 14.1. The predicted molar refractivity (Wildman–Crippen MR) is 69.8 cm³/mol. The van der Waals surface area contributed by atoms with Gasteiger partial charge in [-0.05, 0) is 18.9 Å². The Morgan fingerprint density at radius 3 is 2.67 bits per heavy atom. The Kier molecular flexibility index (Phi) is 3.78. The van der Waals surface area contributed by atoms with Crippen LogP contribution in [0.2, 0.25) is 0 Å². The highest BCUT2D eigenvalue weighted by Crippen LogP contribution is 2.20. The number of nitriles is 1. The van der Waals surface area contributed by atoms with E-state index in [1.165, 1.54) is 5.57 Å². The molecular formula is C15H16N2O. The molecule has 1 unspecified atom stereocenters. The molecule has 0 N–H and O–H groups in total. The first-order valence-electron chi connectivity index (χ1n) is 6.11. The number of hydrogen-bond donors (Lipinski definition) is 0. The molecule has 0 saturated heterocycles. The Labute approximate surface area is 107 Å². The van der Waals surface area contributed by atoms with Crippen molar-refractivity contribution < 1.29 is 4.79 Å². The monoisotopic (exact) mass is 240 g/mol. The van der Waals surface area contributed by atoms with Gasteiger partial charge in [-0.25, -0.2) is 0 Å². The second kappa shape index (κ2) is 5.50. The summed E-state index contributed by atoms with van der Waals surface area (Å²) >= 11 is 0. The first-order chi connectivity index (χ1) is 8.72. The average molecular weight is 240 g/mol. The van der Waals surface area contributed by atoms with Gasteiger partial charge in [-0.3, -0.25) is 4.79 Å². The van der Waals surface area contributed by atoms with Gasteiger partial charge >= 0.3 is 0 Å². The fraction of sp³-hybridized carbons (Fsp3) is 0.333. The standard InChI is InChI=1S/C15H16N2O/c1-12-7-9-17(10-8-12)15(18)14(11-16)13-5-3-2-4-6-13/h2-7,14H,8-10H2,1H3. The molecule has 0 fully saturated rings. The van der Waals surface area contributed by atoms with Gasteiger partial charge in [0.15, 0.2) is 0 Å². The summed E-state index contributed by atoms with van der Waals surface area (Å²) in [5.74, 6) is -0.773. The summed E-state index contributed by atoms with van der Waals surface area (Å²) in [7, 11) is 0. The fourth-order valence-corrected chi connectivity index (χ4v) is 2.07. The molecule has 0 radical (unpaired) electrons. The number of amides is 1. The van der Waals surface area contributed by atoms with Crippen molar-refractivity contribution in [2.75, 3.05) is 13.1 Å². The number of hydrogen-bond acceptors (Lipinski definition) is 2. The molecule has 0 aliphatic carbocycles. The molecule has 1 heterocycles. The van der Waals surface area contributed by atoms with Crippen LogP contribution in [0.5, 0.6) is 0 Å². The predicted octanol–water partition coefficient (Wildman–Crippen LogP) is 2.47. The molecule has 18 heavy (non-hydrogen) atoms. The fourth-order valence-electron chi connectivity index (χ4n) is 2.07. The Bertz CT molecular complexity index is 499. The zero-order chi connectivity index (χ0) is 13.0. The van der Waals surface area contributed by atoms with E-state index in [1.807, 2.05) is 30.3 Å². The molecule has 0 bridgehead atoms. The van der Waals surface area contributed by atoms with Crippen molar-refractivity contribution in [3.8, 4) is 6.07 Å². The summed E-state index contributed by atoms with van der Waals surface area (Å²) < 4.78 is 0. The van der Waals surface area contributed by atoms with Gasteiger partial charge in [0.1, 0.15) is 5.92 Å². The van der Waals surface area contributed by atoms with Gasteiger partial charge in [-0.15, -0.1) is 0 Å². The van der Waals surface area contributed by atoms with Crippen molar-refractivity contribution in [2.45, 2.75) is 19.3 Å². The first kappa shape index (κ1) is 12.4. The largest absolute Gasteiger partial charge is 0.337 e. The number of rotatable bonds is 2. The summed E-state index contributed by atoms with van der Waals surface area (Å²) in [6, 6.07) is 11.4. The maximum absolute atomic E-state index is 12.3. The lowest BCUT2D eigenvalue weighted by Gasteiger charge is -2.27. The molecule has 1 aromatic carbocycles. The van der Waals surface area contributed by atoms with Crippen molar-refractivity contribution >= 4 is 5.91 Å². The second-order valence-electron chi connectivity index (χ2n) is 4.56. The minimum atomic E-state index is -0.682. The Balaban J connectivity index is 2.15. The van der Waals surface area contributed by atoms with Crippen LogP contribution in [-0.2, 0) is 4.79 Å². The van der Waals surface area contributed by atoms with E-state index in [2.05, 4.69) is 19.1 Å². The number of benzene rings is 1. The van der Waals surface area contributed by atoms with Crippen LogP contribution in [0.25, 0.3) is 0 Å². The van der Waals surface area contributed by atoms with Crippen LogP contribution >= 0.6 is 0 Å². The SMILES string of the molecule is CC1=CCN(C(=O)C(C#N)c2ccccc2)CC1. The third-order valence-electron chi connectivity index (χ3n) is 3.26. The minimum Gasteiger partial charge on any atom is -0.337 e. The van der Waals surface area contributed by atoms with Crippen LogP contribution in [0.1, 0.15) is 24.8 Å². The lowest BCUT2D eigenvalue weighted by Crippen LogP contribution is -2.37. The van der Waals surface area contributed by atoms with E-state index in [0.717, 1.165) is 12.0 Å². The zero-order valence-corrected chi connectivity index (χ0v) is 10.5. The quantitative estimate of drug-likeness (QED) is 0.745. The van der Waals surface area contributed by atoms with Crippen molar-refractivity contribution in [2.24, 2.45) is 0 Å². The van der Waals surface area contributed by atoms with Crippen LogP contribution in [0.15, 0.2) is 42.0 Å². The Morgan fingerprint density at radius 1 is 1.39 bits per heavy atom. The normalized spacial score (nSPS) is 16.7. The third kappa shape index (κ3) is 2.60. The van der Waals surface area contributed by atoms with Crippen molar-refractivity contribution in [3.05, 3.63) is 47.5 Å². The molecule has 0 spiro atoms. The van der Waals surface area contributed by atoms with Gasteiger partial charge in [-0.1, -0.05) is 42.0 Å². The second-order valence-corrected chi connectivity index (χ2v) is 4.56. The van der Waals surface area contributed by atoms with Crippen molar-refractivity contribution in [3.63, 3.8) is 0 Å². The summed E-state index contributed by atoms with van der Waals surface area (Å²) in [5.41, 5.74) is 2.09. The number of carbonyl (C=O) groups is 1. The van der Waals surface area contributed by atoms with Gasteiger partial charge in [0, 0.05) is 13.1 Å². The zero-order valence-electron chi connectivity index (χ0n) is 10.5. The molecule has 1 aromatic rings. The first-order valence-corrected chi connectivity index (χ1v) is 6.11. The molecule has 3 heteroatoms. The molecule has 0 saturated carbocycles. The van der Waals surface area contributed by atoms with Gasteiger partial charge in [0.25, 0.3) is 0 Å². The van der Waals surface area contributed by atoms with E-state index in [-0.39, 0.29) is 5.91 Å². The van der Waals surface area contributed by atoms with Gasteiger partial charge < -0.3 is 4.90 Å². The molecule has 1 aliphatic rings. The van der Waals surface area contributed by atoms with Gasteiger partial charge in [0.05, 0.1) is 6.07 Å². The lowest BCUT2D eigenvalue weighted by molar-refractivity contribution is -0.131. The highest BCUT2D eigenvalue weighted by Gasteiger charge is 2.26. The highest BCUT2D eigenvalue weighted by atomic mass is 16.2. The third-order valence-corrected chi connectivity index (χ3v) is 3.26. The average Bonchev–Trinajstić information content (AvgIpc) is 2.41. The molecule has 1 aliphatic heterocycles. The molecule has 3 nitrogen and oxygen atoms in total. The Hall–Kier alpha value is -2.08. The maximum Gasteiger partial charge on any atom is 0.244 e. The van der Waals surface area contributed by atoms with E-state index in [1.54, 1.807) is 4.90 Å². The van der Waals surface area contributed by atoms with Crippen LogP contribution in [0.3, 0.4) is 0 Å². The highest BCUT2D eigenvalue weighted by molar-refractivity contribution is 5.86. The molecule has 0 aromatic heterocycles. The molecule has 1 amide bonds. The lowest BCUT2D eigenvalue weighted by atomic mass is 9.98. The van der Waals surface area contributed by atoms with Crippen LogP contribution < -0.4 is 0 Å². The van der Waals surface area contributed by atoms with Crippen molar-refractivity contribution in [1.29, 1.82) is 5.26 Å². The van der Waals surface area contributed by atoms with Crippen LogP contribution in [-0.4, -0.2) is 23.9 Å². The van der Waals surface area contributed by atoms with E-state index in [9.17, 15) is 10.1 Å². The van der Waals surface area contributed by atoms with Gasteiger partial charge in [0.2, 0.25) is 5.91 Å². The topological polar surface area (TPSA) is 44.1 Å². The minimum absolute atomic E-state index is 0.0903. The van der Waals surface area contributed by atoms with Crippen LogP contribution in [0, 0.1) is 11.3 Å². The van der Waals surface area contributed by atoms with E-state index >= 15 is 0 Å². The van der Waals surface area contributed by atoms with E-state index in [0.29, 0.717) is 13.1 Å². The summed E-state index contributed by atoms with van der Waals surface area (Å²) in [6.07, 6.45) is 2.96. The maximum atomic E-state index is 12.3. The molecule has 2 rings (SSSR count). The number of nitrogens with zero attached hydrogens (tertiary/aromatic N) is 2. The van der Waals surface area contributed by atoms with Crippen molar-refractivity contribution in [1.82, 2.24) is 4.90 Å².